The van der Waals surface area contributed by atoms with Crippen molar-refractivity contribution in [2.24, 2.45) is 34.8 Å². The minimum atomic E-state index is -1.21. The number of Topliss-reactive ketones (excluding diaryl/α,β-unsaturated/α-hetero) is 1. The van der Waals surface area contributed by atoms with Crippen molar-refractivity contribution in [2.45, 2.75) is 118 Å². The Morgan fingerprint density at radius 2 is 1.18 bits per heavy atom. The molecule has 0 aliphatic heterocycles. The van der Waals surface area contributed by atoms with Gasteiger partial charge in [-0.15, -0.1) is 0 Å². The minimum absolute atomic E-state index is 0.00272. The third kappa shape index (κ3) is 15.6. The standard InChI is InChI=1S/C48H67N5O8/c1-32(2)41(50-46(57)59-30-35-22-14-9-15-23-35)43(54)39(40(49)37-26-18-11-19-27-37)38(61-45(56)48(5,6)7)29-53(28-34-20-12-8-13-21-34)52-44(55)42(33(3)4)51-47(58)60-31-36-24-16-10-17-25-36/h9-11,14-19,22-27,32-34,38-42H,8,12-13,20-21,28-31,49H2,1-7H3,(H,50,57)(H,51,58)(H,52,55)/t38?,39?,40?,41-,42-/m0/s1. The number of esters is 1. The number of rotatable bonds is 20. The molecule has 5 atom stereocenters. The largest absolute Gasteiger partial charge is 0.460 e. The lowest BCUT2D eigenvalue weighted by Gasteiger charge is -2.39. The third-order valence-corrected chi connectivity index (χ3v) is 10.9. The zero-order chi connectivity index (χ0) is 44.5. The summed E-state index contributed by atoms with van der Waals surface area (Å²) in [6.45, 7) is 12.7. The molecule has 1 fully saturated rings. The van der Waals surface area contributed by atoms with E-state index in [1.54, 1.807) is 51.8 Å². The fourth-order valence-electron chi connectivity index (χ4n) is 7.39. The fourth-order valence-corrected chi connectivity index (χ4v) is 7.39. The number of carbonyl (C=O) groups excluding carboxylic acids is 5. The smallest absolute Gasteiger partial charge is 0.408 e. The van der Waals surface area contributed by atoms with Gasteiger partial charge in [-0.1, -0.05) is 138 Å². The van der Waals surface area contributed by atoms with E-state index in [-0.39, 0.29) is 31.6 Å². The number of nitrogens with two attached hydrogens (primary N) is 1. The van der Waals surface area contributed by atoms with Gasteiger partial charge in [-0.3, -0.25) is 19.8 Å². The van der Waals surface area contributed by atoms with E-state index in [0.717, 1.165) is 43.2 Å². The number of hydrazine groups is 1. The van der Waals surface area contributed by atoms with Crippen molar-refractivity contribution in [2.75, 3.05) is 13.1 Å². The molecule has 0 bridgehead atoms. The molecule has 332 valence electrons. The van der Waals surface area contributed by atoms with Crippen molar-refractivity contribution in [3.63, 3.8) is 0 Å². The van der Waals surface area contributed by atoms with Crippen LogP contribution in [0, 0.1) is 29.1 Å². The van der Waals surface area contributed by atoms with Crippen LogP contribution in [0.2, 0.25) is 0 Å². The second kappa shape index (κ2) is 23.7. The predicted molar refractivity (Wildman–Crippen MR) is 234 cm³/mol. The first-order valence-electron chi connectivity index (χ1n) is 21.6. The van der Waals surface area contributed by atoms with Gasteiger partial charge in [-0.2, -0.15) is 0 Å². The molecule has 3 aromatic carbocycles. The summed E-state index contributed by atoms with van der Waals surface area (Å²) in [6.07, 6.45) is 2.27. The zero-order valence-corrected chi connectivity index (χ0v) is 36.9. The summed E-state index contributed by atoms with van der Waals surface area (Å²) in [5.74, 6) is -3.29. The summed E-state index contributed by atoms with van der Waals surface area (Å²) in [7, 11) is 0. The topological polar surface area (TPSA) is 178 Å². The second-order valence-electron chi connectivity index (χ2n) is 17.8. The van der Waals surface area contributed by atoms with E-state index in [2.05, 4.69) is 16.1 Å². The van der Waals surface area contributed by atoms with Crippen LogP contribution in [0.15, 0.2) is 91.0 Å². The van der Waals surface area contributed by atoms with Gasteiger partial charge in [0.15, 0.2) is 5.78 Å². The lowest BCUT2D eigenvalue weighted by atomic mass is 9.80. The monoisotopic (exact) mass is 841 g/mol. The summed E-state index contributed by atoms with van der Waals surface area (Å²) in [6, 6.07) is 24.4. The number of hydrogen-bond donors (Lipinski definition) is 4. The van der Waals surface area contributed by atoms with E-state index in [1.165, 1.54) is 0 Å². The number of nitrogens with one attached hydrogen (secondary N) is 3. The average Bonchev–Trinajstić information content (AvgIpc) is 3.23. The maximum atomic E-state index is 15.1. The Morgan fingerprint density at radius 3 is 1.66 bits per heavy atom. The Kier molecular flexibility index (Phi) is 18.8. The van der Waals surface area contributed by atoms with E-state index < -0.39 is 71.3 Å². The molecule has 3 amide bonds. The molecule has 4 rings (SSSR count). The van der Waals surface area contributed by atoms with Crippen LogP contribution in [0.4, 0.5) is 9.59 Å². The maximum Gasteiger partial charge on any atom is 0.408 e. The Hall–Kier alpha value is -5.27. The van der Waals surface area contributed by atoms with Crippen LogP contribution in [0.5, 0.6) is 0 Å². The molecule has 0 spiro atoms. The van der Waals surface area contributed by atoms with Gasteiger partial charge < -0.3 is 30.6 Å². The number of ether oxygens (including phenoxy) is 3. The van der Waals surface area contributed by atoms with Crippen molar-refractivity contribution < 1.29 is 38.2 Å². The van der Waals surface area contributed by atoms with Gasteiger partial charge in [0.1, 0.15) is 25.4 Å². The molecule has 0 aromatic heterocycles. The van der Waals surface area contributed by atoms with Crippen molar-refractivity contribution >= 4 is 29.8 Å². The normalized spacial score (nSPS) is 15.9. The van der Waals surface area contributed by atoms with Crippen LogP contribution in [0.25, 0.3) is 0 Å². The number of alkyl carbamates (subject to hydrolysis) is 2. The number of carbonyl (C=O) groups is 5. The van der Waals surface area contributed by atoms with Crippen molar-refractivity contribution in [3.05, 3.63) is 108 Å². The molecular weight excluding hydrogens is 775 g/mol. The molecule has 0 saturated heterocycles. The van der Waals surface area contributed by atoms with E-state index >= 15 is 4.79 Å². The van der Waals surface area contributed by atoms with Gasteiger partial charge in [0.05, 0.1) is 23.9 Å². The zero-order valence-electron chi connectivity index (χ0n) is 36.9. The molecule has 0 radical (unpaired) electrons. The molecule has 1 aliphatic carbocycles. The summed E-state index contributed by atoms with van der Waals surface area (Å²) in [5.41, 5.74) is 11.4. The number of ketones is 1. The van der Waals surface area contributed by atoms with Crippen molar-refractivity contribution in [1.82, 2.24) is 21.1 Å². The van der Waals surface area contributed by atoms with Gasteiger partial charge in [0.25, 0.3) is 5.91 Å². The van der Waals surface area contributed by atoms with Crippen LogP contribution in [-0.4, -0.2) is 66.1 Å². The lowest BCUT2D eigenvalue weighted by Crippen LogP contribution is -2.59. The molecular formula is C48H67N5O8. The summed E-state index contributed by atoms with van der Waals surface area (Å²) in [5, 5.41) is 7.23. The lowest BCUT2D eigenvalue weighted by molar-refractivity contribution is -0.166. The first-order valence-corrected chi connectivity index (χ1v) is 21.6. The second-order valence-corrected chi connectivity index (χ2v) is 17.8. The molecule has 3 unspecified atom stereocenters. The van der Waals surface area contributed by atoms with E-state index in [9.17, 15) is 19.2 Å². The Labute approximate surface area is 361 Å². The number of amides is 3. The predicted octanol–water partition coefficient (Wildman–Crippen LogP) is 7.65. The van der Waals surface area contributed by atoms with Gasteiger partial charge in [-0.25, -0.2) is 14.6 Å². The van der Waals surface area contributed by atoms with Crippen molar-refractivity contribution in [3.8, 4) is 0 Å². The first-order chi connectivity index (χ1) is 29.0. The van der Waals surface area contributed by atoms with Crippen LogP contribution in [-0.2, 0) is 41.8 Å². The van der Waals surface area contributed by atoms with Crippen LogP contribution in [0.1, 0.15) is 103 Å². The highest BCUT2D eigenvalue weighted by Gasteiger charge is 2.44. The number of nitrogens with zero attached hydrogens (tertiary/aromatic N) is 1. The third-order valence-electron chi connectivity index (χ3n) is 10.9. The van der Waals surface area contributed by atoms with E-state index in [1.807, 2.05) is 92.7 Å². The molecule has 1 saturated carbocycles. The Bertz CT molecular complexity index is 1830. The van der Waals surface area contributed by atoms with Crippen LogP contribution < -0.4 is 21.8 Å². The highest BCUT2D eigenvalue weighted by atomic mass is 16.6. The molecule has 0 heterocycles. The van der Waals surface area contributed by atoms with Gasteiger partial charge >= 0.3 is 18.2 Å². The van der Waals surface area contributed by atoms with E-state index in [4.69, 9.17) is 19.9 Å². The molecule has 61 heavy (non-hydrogen) atoms. The Balaban J connectivity index is 1.70. The quantitative estimate of drug-likeness (QED) is 0.0502. The summed E-state index contributed by atoms with van der Waals surface area (Å²) in [4.78, 5) is 69.7. The molecule has 3 aromatic rings. The average molecular weight is 842 g/mol. The molecule has 1 aliphatic rings. The van der Waals surface area contributed by atoms with E-state index in [0.29, 0.717) is 12.1 Å². The maximum absolute atomic E-state index is 15.1. The fraction of sp³-hybridized carbons (Fsp3) is 0.521. The Morgan fingerprint density at radius 1 is 0.705 bits per heavy atom. The summed E-state index contributed by atoms with van der Waals surface area (Å²) < 4.78 is 17.4. The molecule has 5 N–H and O–H groups in total. The molecule has 13 heteroatoms. The summed E-state index contributed by atoms with van der Waals surface area (Å²) >= 11 is 0. The highest BCUT2D eigenvalue weighted by molar-refractivity contribution is 5.91. The minimum Gasteiger partial charge on any atom is -0.460 e. The van der Waals surface area contributed by atoms with Crippen LogP contribution >= 0.6 is 0 Å². The van der Waals surface area contributed by atoms with Gasteiger partial charge in [0.2, 0.25) is 0 Å². The van der Waals surface area contributed by atoms with Gasteiger partial charge in [0, 0.05) is 12.6 Å². The SMILES string of the molecule is CC(C)[C@H](NC(=O)OCc1ccccc1)C(=O)NN(CC1CCCCC1)CC(OC(=O)C(C)(C)C)C(C(=O)[C@@H](NC(=O)OCc1ccccc1)C(C)C)C(N)c1ccccc1. The number of benzene rings is 3. The highest BCUT2D eigenvalue weighted by Crippen LogP contribution is 2.31. The first kappa shape index (κ1) is 48.4. The van der Waals surface area contributed by atoms with Gasteiger partial charge in [-0.05, 0) is 68.1 Å². The molecule has 13 nitrogen and oxygen atoms in total. The van der Waals surface area contributed by atoms with Crippen LogP contribution in [0.3, 0.4) is 0 Å². The number of hydrogen-bond acceptors (Lipinski definition) is 10. The van der Waals surface area contributed by atoms with Crippen molar-refractivity contribution in [1.29, 1.82) is 0 Å².